The van der Waals surface area contributed by atoms with Crippen molar-refractivity contribution >= 4 is 5.91 Å². The van der Waals surface area contributed by atoms with Crippen LogP contribution < -0.4 is 0 Å². The monoisotopic (exact) mass is 313 g/mol. The van der Waals surface area contributed by atoms with Gasteiger partial charge in [0.2, 0.25) is 0 Å². The molecule has 1 N–H and O–H groups in total. The first-order chi connectivity index (χ1) is 10.9. The molecular weight excluding hydrogens is 290 g/mol. The summed E-state index contributed by atoms with van der Waals surface area (Å²) in [4.78, 5) is 23.0. The number of amides is 1. The summed E-state index contributed by atoms with van der Waals surface area (Å²) in [6.45, 7) is 7.76. The van der Waals surface area contributed by atoms with Crippen LogP contribution in [0.25, 0.3) is 0 Å². The first kappa shape index (κ1) is 15.6. The van der Waals surface area contributed by atoms with E-state index in [2.05, 4.69) is 40.9 Å². The number of likely N-dealkylation sites (tertiary alicyclic amines) is 1. The summed E-state index contributed by atoms with van der Waals surface area (Å²) in [5, 5.41) is 7.18. The number of hydrogen-bond acceptors (Lipinski definition) is 4. The number of H-pyrrole nitrogens is 1. The van der Waals surface area contributed by atoms with Gasteiger partial charge in [0.25, 0.3) is 5.91 Å². The molecule has 3 rings (SSSR count). The zero-order chi connectivity index (χ0) is 16.4. The van der Waals surface area contributed by atoms with E-state index in [0.29, 0.717) is 11.6 Å². The zero-order valence-corrected chi connectivity index (χ0v) is 13.9. The number of rotatable bonds is 2. The van der Waals surface area contributed by atoms with Crippen LogP contribution in [-0.4, -0.2) is 44.1 Å². The number of nitrogens with zero attached hydrogens (tertiary/aromatic N) is 4. The molecule has 23 heavy (non-hydrogen) atoms. The average Bonchev–Trinajstić information content (AvgIpc) is 3.05. The van der Waals surface area contributed by atoms with Gasteiger partial charge in [-0.3, -0.25) is 19.9 Å². The van der Waals surface area contributed by atoms with E-state index < -0.39 is 0 Å². The summed E-state index contributed by atoms with van der Waals surface area (Å²) in [6.07, 6.45) is 7.07. The SMILES string of the molecule is CC(C)(C)c1cc(C(=O)N2CCC(c3cnccn3)CC2)n[nH]1. The van der Waals surface area contributed by atoms with Crippen LogP contribution in [0.1, 0.15) is 61.4 Å². The Bertz CT molecular complexity index is 666. The molecular formula is C17H23N5O. The van der Waals surface area contributed by atoms with Crippen LogP contribution in [0.2, 0.25) is 0 Å². The van der Waals surface area contributed by atoms with Gasteiger partial charge in [-0.05, 0) is 18.9 Å². The fraction of sp³-hybridized carbons (Fsp3) is 0.529. The molecule has 0 aromatic carbocycles. The topological polar surface area (TPSA) is 74.8 Å². The number of aromatic amines is 1. The third-order valence-electron chi connectivity index (χ3n) is 4.39. The lowest BCUT2D eigenvalue weighted by Gasteiger charge is -2.31. The van der Waals surface area contributed by atoms with Crippen LogP contribution in [0.4, 0.5) is 0 Å². The van der Waals surface area contributed by atoms with E-state index in [0.717, 1.165) is 37.3 Å². The molecule has 3 heterocycles. The van der Waals surface area contributed by atoms with Gasteiger partial charge in [-0.15, -0.1) is 0 Å². The van der Waals surface area contributed by atoms with Gasteiger partial charge in [-0.1, -0.05) is 20.8 Å². The first-order valence-corrected chi connectivity index (χ1v) is 8.06. The van der Waals surface area contributed by atoms with Crippen molar-refractivity contribution < 1.29 is 4.79 Å². The van der Waals surface area contributed by atoms with E-state index in [-0.39, 0.29) is 11.3 Å². The molecule has 2 aromatic rings. The van der Waals surface area contributed by atoms with Gasteiger partial charge in [0, 0.05) is 48.7 Å². The summed E-state index contributed by atoms with van der Waals surface area (Å²) in [5.74, 6) is 0.395. The van der Waals surface area contributed by atoms with Gasteiger partial charge in [0.05, 0.1) is 5.69 Å². The molecule has 1 aliphatic heterocycles. The van der Waals surface area contributed by atoms with Gasteiger partial charge < -0.3 is 4.90 Å². The first-order valence-electron chi connectivity index (χ1n) is 8.06. The summed E-state index contributed by atoms with van der Waals surface area (Å²) in [5.41, 5.74) is 2.47. The van der Waals surface area contributed by atoms with Crippen LogP contribution in [-0.2, 0) is 5.41 Å². The molecule has 0 spiro atoms. The minimum atomic E-state index is -0.0372. The summed E-state index contributed by atoms with van der Waals surface area (Å²) < 4.78 is 0. The van der Waals surface area contributed by atoms with Gasteiger partial charge >= 0.3 is 0 Å². The highest BCUT2D eigenvalue weighted by Gasteiger charge is 2.27. The summed E-state index contributed by atoms with van der Waals surface area (Å²) in [6, 6.07) is 1.87. The average molecular weight is 313 g/mol. The van der Waals surface area contributed by atoms with Gasteiger partial charge in [0.15, 0.2) is 0 Å². The van der Waals surface area contributed by atoms with E-state index in [9.17, 15) is 4.79 Å². The van der Waals surface area contributed by atoms with Crippen molar-refractivity contribution in [3.05, 3.63) is 41.7 Å². The lowest BCUT2D eigenvalue weighted by Crippen LogP contribution is -2.38. The number of nitrogens with one attached hydrogen (secondary N) is 1. The Labute approximate surface area is 136 Å². The molecule has 0 atom stereocenters. The van der Waals surface area contributed by atoms with E-state index in [1.165, 1.54) is 0 Å². The lowest BCUT2D eigenvalue weighted by molar-refractivity contribution is 0.0706. The van der Waals surface area contributed by atoms with E-state index >= 15 is 0 Å². The molecule has 1 saturated heterocycles. The second-order valence-corrected chi connectivity index (χ2v) is 7.11. The van der Waals surface area contributed by atoms with Crippen LogP contribution in [0.5, 0.6) is 0 Å². The van der Waals surface area contributed by atoms with Crippen molar-refractivity contribution in [1.82, 2.24) is 25.1 Å². The zero-order valence-electron chi connectivity index (χ0n) is 13.9. The number of carbonyl (C=O) groups is 1. The van der Waals surface area contributed by atoms with Crippen LogP contribution >= 0.6 is 0 Å². The van der Waals surface area contributed by atoms with E-state index in [4.69, 9.17) is 0 Å². The predicted molar refractivity (Wildman–Crippen MR) is 87.2 cm³/mol. The van der Waals surface area contributed by atoms with Crippen molar-refractivity contribution in [1.29, 1.82) is 0 Å². The molecule has 1 amide bonds. The van der Waals surface area contributed by atoms with Crippen molar-refractivity contribution in [2.24, 2.45) is 0 Å². The number of carbonyl (C=O) groups excluding carboxylic acids is 1. The second-order valence-electron chi connectivity index (χ2n) is 7.11. The quantitative estimate of drug-likeness (QED) is 0.924. The van der Waals surface area contributed by atoms with Crippen LogP contribution in [0.15, 0.2) is 24.7 Å². The molecule has 0 unspecified atom stereocenters. The highest BCUT2D eigenvalue weighted by atomic mass is 16.2. The van der Waals surface area contributed by atoms with Crippen molar-refractivity contribution in [2.45, 2.75) is 44.9 Å². The Hall–Kier alpha value is -2.24. The van der Waals surface area contributed by atoms with Crippen LogP contribution in [0, 0.1) is 0 Å². The van der Waals surface area contributed by atoms with Crippen molar-refractivity contribution in [3.63, 3.8) is 0 Å². The third kappa shape index (κ3) is 3.41. The molecule has 1 fully saturated rings. The molecule has 0 radical (unpaired) electrons. The third-order valence-corrected chi connectivity index (χ3v) is 4.39. The maximum atomic E-state index is 12.6. The standard InChI is InChI=1S/C17H23N5O/c1-17(2,3)15-10-13(20-21-15)16(23)22-8-4-12(5-9-22)14-11-18-6-7-19-14/h6-7,10-12H,4-5,8-9H2,1-3H3,(H,20,21). The molecule has 122 valence electrons. The van der Waals surface area contributed by atoms with Gasteiger partial charge in [-0.25, -0.2) is 0 Å². The Morgan fingerprint density at radius 3 is 2.57 bits per heavy atom. The molecule has 6 heteroatoms. The summed E-state index contributed by atoms with van der Waals surface area (Å²) >= 11 is 0. The number of aromatic nitrogens is 4. The highest BCUT2D eigenvalue weighted by molar-refractivity contribution is 5.92. The Morgan fingerprint density at radius 1 is 1.26 bits per heavy atom. The highest BCUT2D eigenvalue weighted by Crippen LogP contribution is 2.27. The Morgan fingerprint density at radius 2 is 2.00 bits per heavy atom. The fourth-order valence-electron chi connectivity index (χ4n) is 2.88. The second kappa shape index (κ2) is 6.10. The molecule has 6 nitrogen and oxygen atoms in total. The van der Waals surface area contributed by atoms with Crippen molar-refractivity contribution in [2.75, 3.05) is 13.1 Å². The normalized spacial score (nSPS) is 16.6. The molecule has 0 aliphatic carbocycles. The number of piperidine rings is 1. The Balaban J connectivity index is 1.63. The number of hydrogen-bond donors (Lipinski definition) is 1. The fourth-order valence-corrected chi connectivity index (χ4v) is 2.88. The maximum absolute atomic E-state index is 12.6. The Kier molecular flexibility index (Phi) is 4.15. The van der Waals surface area contributed by atoms with Gasteiger partial charge in [0.1, 0.15) is 5.69 Å². The maximum Gasteiger partial charge on any atom is 0.274 e. The molecule has 0 bridgehead atoms. The largest absolute Gasteiger partial charge is 0.337 e. The minimum absolute atomic E-state index is 0.00865. The molecule has 1 aliphatic rings. The van der Waals surface area contributed by atoms with E-state index in [1.54, 1.807) is 12.4 Å². The van der Waals surface area contributed by atoms with Crippen LogP contribution in [0.3, 0.4) is 0 Å². The van der Waals surface area contributed by atoms with E-state index in [1.807, 2.05) is 17.2 Å². The smallest absolute Gasteiger partial charge is 0.274 e. The lowest BCUT2D eigenvalue weighted by atomic mass is 9.92. The summed E-state index contributed by atoms with van der Waals surface area (Å²) in [7, 11) is 0. The molecule has 2 aromatic heterocycles. The van der Waals surface area contributed by atoms with Gasteiger partial charge in [-0.2, -0.15) is 5.10 Å². The predicted octanol–water partition coefficient (Wildman–Crippen LogP) is 2.52. The van der Waals surface area contributed by atoms with Crippen molar-refractivity contribution in [3.8, 4) is 0 Å². The minimum Gasteiger partial charge on any atom is -0.337 e. The molecule has 0 saturated carbocycles.